The first-order valence-corrected chi connectivity index (χ1v) is 13.5. The van der Waals surface area contributed by atoms with Gasteiger partial charge in [0, 0.05) is 34.4 Å². The Labute approximate surface area is 238 Å². The van der Waals surface area contributed by atoms with Crippen LogP contribution in [0.4, 0.5) is 5.13 Å². The third-order valence-corrected chi connectivity index (χ3v) is 7.60. The van der Waals surface area contributed by atoms with Crippen molar-refractivity contribution < 1.29 is 19.0 Å². The number of fused-ring (bicyclic) bond motifs is 2. The molecule has 0 saturated heterocycles. The molecule has 0 atom stereocenters. The Kier molecular flexibility index (Phi) is 6.94. The lowest BCUT2D eigenvalue weighted by Crippen LogP contribution is -2.12. The standard InChI is InChI=1S/C31H22ClN3O4S/c1-37-27-15-24-25(16-28(27)38-2)33-13-12-26(24)39-21-10-11-22-19(14-21)4-3-5-23(22)30(36)35-31-34-17-29(40-31)18-6-8-20(32)9-7-18/h3-17H,1-2H3,(H,34,35,36). The molecule has 0 spiro atoms. The van der Waals surface area contributed by atoms with Crippen LogP contribution in [0.2, 0.25) is 5.02 Å². The molecular formula is C31H22ClN3O4S. The highest BCUT2D eigenvalue weighted by molar-refractivity contribution is 7.19. The zero-order chi connectivity index (χ0) is 27.6. The molecular weight excluding hydrogens is 546 g/mol. The summed E-state index contributed by atoms with van der Waals surface area (Å²) in [6, 6.07) is 24.2. The van der Waals surface area contributed by atoms with Crippen LogP contribution >= 0.6 is 22.9 Å². The number of hydrogen-bond acceptors (Lipinski definition) is 7. The molecule has 2 aromatic heterocycles. The lowest BCUT2D eigenvalue weighted by molar-refractivity contribution is 0.102. The molecule has 0 aliphatic rings. The Morgan fingerprint density at radius 3 is 2.45 bits per heavy atom. The van der Waals surface area contributed by atoms with Gasteiger partial charge < -0.3 is 14.2 Å². The molecule has 6 aromatic rings. The van der Waals surface area contributed by atoms with Crippen molar-refractivity contribution in [2.75, 3.05) is 19.5 Å². The number of anilines is 1. The van der Waals surface area contributed by atoms with Gasteiger partial charge in [-0.1, -0.05) is 47.2 Å². The Morgan fingerprint density at radius 2 is 1.65 bits per heavy atom. The van der Waals surface area contributed by atoms with Crippen molar-refractivity contribution in [2.24, 2.45) is 0 Å². The lowest BCUT2D eigenvalue weighted by Gasteiger charge is -2.13. The van der Waals surface area contributed by atoms with E-state index in [2.05, 4.69) is 15.3 Å². The van der Waals surface area contributed by atoms with Gasteiger partial charge in [-0.15, -0.1) is 0 Å². The summed E-state index contributed by atoms with van der Waals surface area (Å²) in [4.78, 5) is 23.0. The summed E-state index contributed by atoms with van der Waals surface area (Å²) in [7, 11) is 3.17. The number of carbonyl (C=O) groups excluding carboxylic acids is 1. The maximum absolute atomic E-state index is 13.2. The fourth-order valence-electron chi connectivity index (χ4n) is 4.43. The van der Waals surface area contributed by atoms with Crippen LogP contribution in [0.1, 0.15) is 10.4 Å². The van der Waals surface area contributed by atoms with Crippen LogP contribution in [-0.2, 0) is 0 Å². The number of amides is 1. The highest BCUT2D eigenvalue weighted by atomic mass is 35.5. The highest BCUT2D eigenvalue weighted by Crippen LogP contribution is 2.37. The minimum Gasteiger partial charge on any atom is -0.493 e. The molecule has 9 heteroatoms. The van der Waals surface area contributed by atoms with Gasteiger partial charge in [0.15, 0.2) is 16.6 Å². The van der Waals surface area contributed by atoms with Crippen molar-refractivity contribution in [1.82, 2.24) is 9.97 Å². The quantitative estimate of drug-likeness (QED) is 0.209. The molecule has 198 valence electrons. The van der Waals surface area contributed by atoms with Crippen molar-refractivity contribution in [2.45, 2.75) is 0 Å². The van der Waals surface area contributed by atoms with E-state index < -0.39 is 0 Å². The Morgan fingerprint density at radius 1 is 0.850 bits per heavy atom. The van der Waals surface area contributed by atoms with Gasteiger partial charge in [0.1, 0.15) is 11.5 Å². The van der Waals surface area contributed by atoms with Crippen LogP contribution in [0.15, 0.2) is 91.3 Å². The third kappa shape index (κ3) is 5.02. The number of nitrogens with one attached hydrogen (secondary N) is 1. The van der Waals surface area contributed by atoms with E-state index in [9.17, 15) is 4.79 Å². The Balaban J connectivity index is 1.26. The topological polar surface area (TPSA) is 82.6 Å². The van der Waals surface area contributed by atoms with Crippen LogP contribution in [0.3, 0.4) is 0 Å². The number of hydrogen-bond donors (Lipinski definition) is 1. The molecule has 6 rings (SSSR count). The number of benzene rings is 4. The van der Waals surface area contributed by atoms with E-state index in [1.807, 2.05) is 66.7 Å². The summed E-state index contributed by atoms with van der Waals surface area (Å²) in [5.74, 6) is 2.19. The van der Waals surface area contributed by atoms with E-state index >= 15 is 0 Å². The van der Waals surface area contributed by atoms with Gasteiger partial charge in [-0.2, -0.15) is 0 Å². The van der Waals surface area contributed by atoms with Crippen molar-refractivity contribution in [3.63, 3.8) is 0 Å². The Bertz CT molecular complexity index is 1870. The van der Waals surface area contributed by atoms with Crippen molar-refractivity contribution in [1.29, 1.82) is 0 Å². The van der Waals surface area contributed by atoms with E-state index in [0.29, 0.717) is 38.7 Å². The minimum absolute atomic E-state index is 0.238. The fourth-order valence-corrected chi connectivity index (χ4v) is 5.37. The molecule has 0 saturated carbocycles. The molecule has 0 bridgehead atoms. The zero-order valence-corrected chi connectivity index (χ0v) is 23.0. The monoisotopic (exact) mass is 567 g/mol. The number of carbonyl (C=O) groups is 1. The average molecular weight is 568 g/mol. The normalized spacial score (nSPS) is 11.0. The van der Waals surface area contributed by atoms with Gasteiger partial charge >= 0.3 is 0 Å². The third-order valence-electron chi connectivity index (χ3n) is 6.39. The van der Waals surface area contributed by atoms with E-state index in [4.69, 9.17) is 25.8 Å². The molecule has 0 aliphatic carbocycles. The largest absolute Gasteiger partial charge is 0.493 e. The summed E-state index contributed by atoms with van der Waals surface area (Å²) in [5, 5.41) is 6.56. The second kappa shape index (κ2) is 10.8. The summed E-state index contributed by atoms with van der Waals surface area (Å²) in [5.41, 5.74) is 2.24. The first-order valence-electron chi connectivity index (χ1n) is 12.3. The number of methoxy groups -OCH3 is 2. The number of halogens is 1. The molecule has 1 N–H and O–H groups in total. The predicted molar refractivity (Wildman–Crippen MR) is 159 cm³/mol. The van der Waals surface area contributed by atoms with E-state index in [0.717, 1.165) is 32.1 Å². The molecule has 0 fully saturated rings. The van der Waals surface area contributed by atoms with E-state index in [1.165, 1.54) is 11.3 Å². The number of rotatable bonds is 7. The van der Waals surface area contributed by atoms with Crippen molar-refractivity contribution >= 4 is 55.7 Å². The molecule has 1 amide bonds. The molecule has 2 heterocycles. The number of ether oxygens (including phenoxy) is 3. The van der Waals surface area contributed by atoms with Gasteiger partial charge in [0.2, 0.25) is 0 Å². The number of nitrogens with zero attached hydrogens (tertiary/aromatic N) is 2. The molecule has 0 aliphatic heterocycles. The highest BCUT2D eigenvalue weighted by Gasteiger charge is 2.15. The van der Waals surface area contributed by atoms with Crippen molar-refractivity contribution in [3.05, 3.63) is 102 Å². The van der Waals surface area contributed by atoms with E-state index in [-0.39, 0.29) is 5.91 Å². The number of thiazole rings is 1. The first-order chi connectivity index (χ1) is 19.5. The van der Waals surface area contributed by atoms with Crippen LogP contribution in [-0.4, -0.2) is 30.1 Å². The van der Waals surface area contributed by atoms with Crippen molar-refractivity contribution in [3.8, 4) is 33.4 Å². The number of pyridine rings is 1. The summed E-state index contributed by atoms with van der Waals surface area (Å²) in [6.45, 7) is 0. The maximum atomic E-state index is 13.2. The summed E-state index contributed by atoms with van der Waals surface area (Å²) >= 11 is 7.40. The van der Waals surface area contributed by atoms with Gasteiger partial charge in [-0.05, 0) is 64.9 Å². The van der Waals surface area contributed by atoms with Crippen LogP contribution in [0.25, 0.3) is 32.1 Å². The Hall–Kier alpha value is -4.66. The van der Waals surface area contributed by atoms with Gasteiger partial charge in [0.25, 0.3) is 5.91 Å². The molecule has 0 unspecified atom stereocenters. The predicted octanol–water partition coefficient (Wildman–Crippen LogP) is 8.23. The van der Waals surface area contributed by atoms with Gasteiger partial charge in [-0.3, -0.25) is 15.1 Å². The summed E-state index contributed by atoms with van der Waals surface area (Å²) in [6.07, 6.45) is 3.43. The maximum Gasteiger partial charge on any atom is 0.258 e. The number of aromatic nitrogens is 2. The molecule has 4 aromatic carbocycles. The second-order valence-electron chi connectivity index (χ2n) is 8.81. The summed E-state index contributed by atoms with van der Waals surface area (Å²) < 4.78 is 17.1. The molecule has 40 heavy (non-hydrogen) atoms. The van der Waals surface area contributed by atoms with Crippen LogP contribution in [0, 0.1) is 0 Å². The minimum atomic E-state index is -0.238. The molecule has 0 radical (unpaired) electrons. The van der Waals surface area contributed by atoms with Gasteiger partial charge in [-0.25, -0.2) is 4.98 Å². The smallest absolute Gasteiger partial charge is 0.258 e. The SMILES string of the molecule is COc1cc2nccc(Oc3ccc4c(C(=O)Nc5ncc(-c6ccc(Cl)cc6)s5)cccc4c3)c2cc1OC. The second-order valence-corrected chi connectivity index (χ2v) is 10.3. The fraction of sp³-hybridized carbons (Fsp3) is 0.0645. The lowest BCUT2D eigenvalue weighted by atomic mass is 10.0. The van der Waals surface area contributed by atoms with Gasteiger partial charge in [0.05, 0.1) is 24.6 Å². The van der Waals surface area contributed by atoms with Crippen LogP contribution < -0.4 is 19.5 Å². The van der Waals surface area contributed by atoms with E-state index in [1.54, 1.807) is 38.7 Å². The zero-order valence-electron chi connectivity index (χ0n) is 21.5. The average Bonchev–Trinajstić information content (AvgIpc) is 3.44. The first kappa shape index (κ1) is 25.6. The van der Waals surface area contributed by atoms with Crippen LogP contribution in [0.5, 0.6) is 23.0 Å². The molecule has 7 nitrogen and oxygen atoms in total.